The van der Waals surface area contributed by atoms with E-state index < -0.39 is 9.85 Å². The van der Waals surface area contributed by atoms with Gasteiger partial charge in [0.2, 0.25) is 11.8 Å². The molecule has 0 aliphatic heterocycles. The van der Waals surface area contributed by atoms with E-state index in [1.54, 1.807) is 24.3 Å². The second-order valence-electron chi connectivity index (χ2n) is 8.52. The van der Waals surface area contributed by atoms with E-state index >= 15 is 0 Å². The molecule has 4 aromatic carbocycles. The quantitative estimate of drug-likeness (QED) is 0.118. The summed E-state index contributed by atoms with van der Waals surface area (Å²) >= 11 is 0. The number of rotatable bonds is 8. The molecule has 0 amide bonds. The average Bonchev–Trinajstić information content (AvgIpc) is 3.46. The zero-order valence-electron chi connectivity index (χ0n) is 20.4. The van der Waals surface area contributed by atoms with Gasteiger partial charge in [0.05, 0.1) is 9.85 Å². The van der Waals surface area contributed by atoms with E-state index in [1.165, 1.54) is 24.3 Å². The smallest absolute Gasteiger partial charge is 0.269 e. The average molecular weight is 517 g/mol. The molecule has 0 unspecified atom stereocenters. The van der Waals surface area contributed by atoms with Crippen molar-refractivity contribution in [3.63, 3.8) is 0 Å². The molecule has 1 heterocycles. The minimum absolute atomic E-state index is 0.0582. The van der Waals surface area contributed by atoms with Crippen molar-refractivity contribution in [1.29, 1.82) is 0 Å². The number of hydrogen-bond acceptors (Lipinski definition) is 7. The lowest BCUT2D eigenvalue weighted by atomic mass is 10.1. The molecular weight excluding hydrogens is 496 g/mol. The summed E-state index contributed by atoms with van der Waals surface area (Å²) in [6.07, 6.45) is 7.60. The first-order chi connectivity index (χ1) is 18.9. The molecule has 39 heavy (non-hydrogen) atoms. The highest BCUT2D eigenvalue weighted by Gasteiger charge is 2.10. The highest BCUT2D eigenvalue weighted by Crippen LogP contribution is 2.25. The zero-order valence-corrected chi connectivity index (χ0v) is 20.4. The first-order valence-electron chi connectivity index (χ1n) is 11.8. The van der Waals surface area contributed by atoms with Gasteiger partial charge in [-0.3, -0.25) is 20.2 Å². The van der Waals surface area contributed by atoms with Crippen LogP contribution in [0.2, 0.25) is 0 Å². The molecule has 0 atom stereocenters. The lowest BCUT2D eigenvalue weighted by Gasteiger charge is -1.99. The van der Waals surface area contributed by atoms with E-state index in [0.717, 1.165) is 33.4 Å². The fourth-order valence-electron chi connectivity index (χ4n) is 3.73. The van der Waals surface area contributed by atoms with Crippen LogP contribution in [0, 0.1) is 20.2 Å². The molecule has 0 aliphatic rings. The number of non-ortho nitro benzene ring substituents is 2. The van der Waals surface area contributed by atoms with E-state index in [-0.39, 0.29) is 11.4 Å². The second-order valence-corrected chi connectivity index (χ2v) is 8.52. The van der Waals surface area contributed by atoms with Crippen LogP contribution < -0.4 is 0 Å². The van der Waals surface area contributed by atoms with E-state index in [1.807, 2.05) is 72.8 Å². The minimum atomic E-state index is -0.422. The maximum atomic E-state index is 10.8. The molecule has 0 radical (unpaired) electrons. The maximum Gasteiger partial charge on any atom is 0.269 e. The normalized spacial score (nSPS) is 11.3. The minimum Gasteiger partial charge on any atom is -0.416 e. The fraction of sp³-hybridized carbons (Fsp3) is 0. The molecule has 0 aliphatic carbocycles. The van der Waals surface area contributed by atoms with E-state index in [9.17, 15) is 20.2 Å². The molecule has 0 spiro atoms. The molecule has 0 bridgehead atoms. The number of nitrogens with zero attached hydrogens (tertiary/aromatic N) is 4. The largest absolute Gasteiger partial charge is 0.416 e. The van der Waals surface area contributed by atoms with Crippen molar-refractivity contribution >= 4 is 35.7 Å². The van der Waals surface area contributed by atoms with Crippen LogP contribution >= 0.6 is 0 Å². The van der Waals surface area contributed by atoms with Crippen molar-refractivity contribution in [2.75, 3.05) is 0 Å². The Bertz CT molecular complexity index is 1540. The maximum absolute atomic E-state index is 10.8. The molecule has 9 nitrogen and oxygen atoms in total. The first-order valence-corrected chi connectivity index (χ1v) is 11.8. The molecular formula is C30H20N4O5. The summed E-state index contributed by atoms with van der Waals surface area (Å²) in [6, 6.07) is 27.9. The van der Waals surface area contributed by atoms with Gasteiger partial charge < -0.3 is 4.42 Å². The van der Waals surface area contributed by atoms with Gasteiger partial charge in [0.15, 0.2) is 0 Å². The first kappa shape index (κ1) is 25.0. The molecule has 0 N–H and O–H groups in total. The SMILES string of the molecule is O=[N+]([O-])c1ccc(C=Cc2ccc(-c3nnc(-c4ccc(C=Cc5ccc([N+](=O)[O-])cc5)cc4)o3)cc2)cc1. The third-order valence-electron chi connectivity index (χ3n) is 5.88. The number of nitro benzene ring substituents is 2. The molecule has 0 fully saturated rings. The Labute approximate surface area is 222 Å². The van der Waals surface area contributed by atoms with E-state index in [4.69, 9.17) is 4.42 Å². The van der Waals surface area contributed by atoms with Crippen LogP contribution in [0.3, 0.4) is 0 Å². The molecule has 190 valence electrons. The van der Waals surface area contributed by atoms with Crippen molar-refractivity contribution in [1.82, 2.24) is 10.2 Å². The van der Waals surface area contributed by atoms with Crippen LogP contribution in [0.4, 0.5) is 11.4 Å². The van der Waals surface area contributed by atoms with E-state index in [0.29, 0.717) is 11.8 Å². The van der Waals surface area contributed by atoms with E-state index in [2.05, 4.69) is 10.2 Å². The van der Waals surface area contributed by atoms with Crippen LogP contribution in [0.5, 0.6) is 0 Å². The van der Waals surface area contributed by atoms with Crippen molar-refractivity contribution in [2.45, 2.75) is 0 Å². The lowest BCUT2D eigenvalue weighted by molar-refractivity contribution is -0.385. The van der Waals surface area contributed by atoms with Gasteiger partial charge in [0.1, 0.15) is 0 Å². The Morgan fingerprint density at radius 2 is 0.769 bits per heavy atom. The number of hydrogen-bond donors (Lipinski definition) is 0. The van der Waals surface area contributed by atoms with Crippen LogP contribution in [0.1, 0.15) is 22.3 Å². The standard InChI is InChI=1S/C30H20N4O5/c35-33(36)27-17-9-23(10-18-27)3-1-21-5-13-25(14-6-21)29-31-32-30(39-29)26-15-7-22(8-16-26)2-4-24-11-19-28(20-12-24)34(37)38/h1-20H. The summed E-state index contributed by atoms with van der Waals surface area (Å²) in [4.78, 5) is 20.7. The zero-order chi connectivity index (χ0) is 27.2. The second kappa shape index (κ2) is 11.1. The summed E-state index contributed by atoms with van der Waals surface area (Å²) in [5, 5.41) is 29.9. The van der Waals surface area contributed by atoms with Crippen LogP contribution in [-0.4, -0.2) is 20.0 Å². The number of nitro groups is 2. The highest BCUT2D eigenvalue weighted by molar-refractivity contribution is 5.72. The topological polar surface area (TPSA) is 125 Å². The van der Waals surface area contributed by atoms with Crippen LogP contribution in [0.15, 0.2) is 101 Å². The van der Waals surface area contributed by atoms with Crippen LogP contribution in [0.25, 0.3) is 47.2 Å². The highest BCUT2D eigenvalue weighted by atomic mass is 16.6. The predicted octanol–water partition coefficient (Wildman–Crippen LogP) is 7.56. The lowest BCUT2D eigenvalue weighted by Crippen LogP contribution is -1.86. The van der Waals surface area contributed by atoms with Gasteiger partial charge in [-0.05, 0) is 70.8 Å². The number of aromatic nitrogens is 2. The summed E-state index contributed by atoms with van der Waals surface area (Å²) in [5.41, 5.74) is 5.31. The third kappa shape index (κ3) is 6.17. The molecule has 5 aromatic rings. The van der Waals surface area contributed by atoms with Gasteiger partial charge in [-0.25, -0.2) is 0 Å². The predicted molar refractivity (Wildman–Crippen MR) is 149 cm³/mol. The summed E-state index contributed by atoms with van der Waals surface area (Å²) in [7, 11) is 0. The van der Waals surface area contributed by atoms with Gasteiger partial charge >= 0.3 is 0 Å². The Balaban J connectivity index is 1.22. The van der Waals surface area contributed by atoms with Crippen molar-refractivity contribution in [2.24, 2.45) is 0 Å². The Morgan fingerprint density at radius 3 is 1.05 bits per heavy atom. The van der Waals surface area contributed by atoms with Crippen molar-refractivity contribution in [3.8, 4) is 22.9 Å². The Morgan fingerprint density at radius 1 is 0.487 bits per heavy atom. The van der Waals surface area contributed by atoms with Gasteiger partial charge in [-0.1, -0.05) is 48.6 Å². The molecule has 1 aromatic heterocycles. The monoisotopic (exact) mass is 516 g/mol. The van der Waals surface area contributed by atoms with Gasteiger partial charge in [0, 0.05) is 35.4 Å². The summed E-state index contributed by atoms with van der Waals surface area (Å²) in [5.74, 6) is 0.802. The molecule has 0 saturated heterocycles. The van der Waals surface area contributed by atoms with Crippen molar-refractivity contribution < 1.29 is 14.3 Å². The van der Waals surface area contributed by atoms with Gasteiger partial charge in [-0.15, -0.1) is 10.2 Å². The fourth-order valence-corrected chi connectivity index (χ4v) is 3.73. The Hall–Kier alpha value is -5.70. The Kier molecular flexibility index (Phi) is 7.13. The van der Waals surface area contributed by atoms with Gasteiger partial charge in [0.25, 0.3) is 11.4 Å². The summed E-state index contributed by atoms with van der Waals surface area (Å²) < 4.78 is 5.89. The van der Waals surface area contributed by atoms with Crippen LogP contribution in [-0.2, 0) is 0 Å². The number of benzene rings is 4. The molecule has 5 rings (SSSR count). The van der Waals surface area contributed by atoms with Gasteiger partial charge in [-0.2, -0.15) is 0 Å². The molecule has 0 saturated carbocycles. The third-order valence-corrected chi connectivity index (χ3v) is 5.88. The van der Waals surface area contributed by atoms with Crippen molar-refractivity contribution in [3.05, 3.63) is 140 Å². The summed E-state index contributed by atoms with van der Waals surface area (Å²) in [6.45, 7) is 0. The molecule has 9 heteroatoms.